The predicted octanol–water partition coefficient (Wildman–Crippen LogP) is 1.83. The SMILES string of the molecule is COc1cccc2c1SC(C(=O)O)CC2=O. The molecule has 4 nitrogen and oxygen atoms in total. The number of carbonyl (C=O) groups is 2. The van der Waals surface area contributed by atoms with Crippen LogP contribution in [0.3, 0.4) is 0 Å². The van der Waals surface area contributed by atoms with Gasteiger partial charge < -0.3 is 9.84 Å². The van der Waals surface area contributed by atoms with Gasteiger partial charge in [0.25, 0.3) is 0 Å². The average Bonchev–Trinajstić information content (AvgIpc) is 2.28. The van der Waals surface area contributed by atoms with Crippen LogP contribution >= 0.6 is 11.8 Å². The highest BCUT2D eigenvalue weighted by Gasteiger charge is 2.32. The third-order valence-corrected chi connectivity index (χ3v) is 3.72. The number of hydrogen-bond acceptors (Lipinski definition) is 4. The molecule has 0 aromatic heterocycles. The molecule has 1 N–H and O–H groups in total. The number of thioether (sulfide) groups is 1. The van der Waals surface area contributed by atoms with E-state index in [1.165, 1.54) is 18.9 Å². The lowest BCUT2D eigenvalue weighted by molar-refractivity contribution is -0.136. The molecule has 5 heteroatoms. The number of carbonyl (C=O) groups excluding carboxylic acids is 1. The smallest absolute Gasteiger partial charge is 0.317 e. The van der Waals surface area contributed by atoms with Crippen molar-refractivity contribution in [1.82, 2.24) is 0 Å². The average molecular weight is 238 g/mol. The van der Waals surface area contributed by atoms with Crippen LogP contribution < -0.4 is 4.74 Å². The predicted molar refractivity (Wildman–Crippen MR) is 59.2 cm³/mol. The summed E-state index contributed by atoms with van der Waals surface area (Å²) in [4.78, 5) is 23.3. The molecule has 84 valence electrons. The zero-order valence-electron chi connectivity index (χ0n) is 8.60. The van der Waals surface area contributed by atoms with E-state index in [1.807, 2.05) is 0 Å². The second-order valence-corrected chi connectivity index (χ2v) is 4.62. The molecule has 1 aromatic rings. The van der Waals surface area contributed by atoms with Crippen LogP contribution in [-0.4, -0.2) is 29.2 Å². The lowest BCUT2D eigenvalue weighted by atomic mass is 10.1. The standard InChI is InChI=1S/C11H10O4S/c1-15-8-4-2-3-6-7(12)5-9(11(13)14)16-10(6)8/h2-4,9H,5H2,1H3,(H,13,14). The number of rotatable bonds is 2. The summed E-state index contributed by atoms with van der Waals surface area (Å²) in [6.45, 7) is 0. The quantitative estimate of drug-likeness (QED) is 0.851. The van der Waals surface area contributed by atoms with Crippen molar-refractivity contribution in [2.45, 2.75) is 16.6 Å². The van der Waals surface area contributed by atoms with Crippen molar-refractivity contribution in [1.29, 1.82) is 0 Å². The third kappa shape index (κ3) is 1.78. The van der Waals surface area contributed by atoms with Crippen LogP contribution in [0.15, 0.2) is 23.1 Å². The van der Waals surface area contributed by atoms with Gasteiger partial charge in [-0.1, -0.05) is 12.1 Å². The van der Waals surface area contributed by atoms with Crippen LogP contribution in [0.5, 0.6) is 5.75 Å². The van der Waals surface area contributed by atoms with Gasteiger partial charge in [-0.3, -0.25) is 9.59 Å². The van der Waals surface area contributed by atoms with E-state index in [0.717, 1.165) is 0 Å². The maximum atomic E-state index is 11.7. The second kappa shape index (κ2) is 4.17. The molecule has 0 saturated carbocycles. The van der Waals surface area contributed by atoms with Crippen molar-refractivity contribution in [3.05, 3.63) is 23.8 Å². The van der Waals surface area contributed by atoms with Crippen LogP contribution in [0.1, 0.15) is 16.8 Å². The number of carboxylic acids is 1. The molecule has 0 radical (unpaired) electrons. The summed E-state index contributed by atoms with van der Waals surface area (Å²) < 4.78 is 5.12. The van der Waals surface area contributed by atoms with Gasteiger partial charge in [0.2, 0.25) is 0 Å². The Morgan fingerprint density at radius 2 is 2.31 bits per heavy atom. The number of ketones is 1. The Morgan fingerprint density at radius 1 is 1.56 bits per heavy atom. The van der Waals surface area contributed by atoms with Crippen molar-refractivity contribution in [3.8, 4) is 5.75 Å². The Labute approximate surface area is 96.6 Å². The fraction of sp³-hybridized carbons (Fsp3) is 0.273. The number of Topliss-reactive ketones (excluding diaryl/α,β-unsaturated/α-hetero) is 1. The summed E-state index contributed by atoms with van der Waals surface area (Å²) in [6.07, 6.45) is 0.0418. The third-order valence-electron chi connectivity index (χ3n) is 2.41. The molecule has 1 heterocycles. The fourth-order valence-corrected chi connectivity index (χ4v) is 2.81. The number of ether oxygens (including phenoxy) is 1. The van der Waals surface area contributed by atoms with E-state index in [0.29, 0.717) is 16.2 Å². The Morgan fingerprint density at radius 3 is 2.94 bits per heavy atom. The van der Waals surface area contributed by atoms with Gasteiger partial charge in [-0.15, -0.1) is 11.8 Å². The number of carboxylic acid groups (broad SMARTS) is 1. The highest BCUT2D eigenvalue weighted by atomic mass is 32.2. The summed E-state index contributed by atoms with van der Waals surface area (Å²) in [5, 5.41) is 8.22. The molecule has 0 fully saturated rings. The van der Waals surface area contributed by atoms with Gasteiger partial charge >= 0.3 is 5.97 Å². The summed E-state index contributed by atoms with van der Waals surface area (Å²) in [5.74, 6) is -0.545. The van der Waals surface area contributed by atoms with E-state index in [4.69, 9.17) is 9.84 Å². The normalized spacial score (nSPS) is 19.1. The lowest BCUT2D eigenvalue weighted by Gasteiger charge is -2.21. The Hall–Kier alpha value is -1.49. The molecule has 1 unspecified atom stereocenters. The number of aliphatic carboxylic acids is 1. The Bertz CT molecular complexity index is 455. The summed E-state index contributed by atoms with van der Waals surface area (Å²) in [5.41, 5.74) is 0.557. The molecule has 1 aliphatic heterocycles. The summed E-state index contributed by atoms with van der Waals surface area (Å²) in [6, 6.07) is 5.16. The van der Waals surface area contributed by atoms with Gasteiger partial charge in [0.15, 0.2) is 5.78 Å². The van der Waals surface area contributed by atoms with Gasteiger partial charge in [0.1, 0.15) is 11.0 Å². The van der Waals surface area contributed by atoms with Gasteiger partial charge in [0, 0.05) is 12.0 Å². The first-order chi connectivity index (χ1) is 7.63. The first-order valence-corrected chi connectivity index (χ1v) is 5.61. The highest BCUT2D eigenvalue weighted by Crippen LogP contribution is 2.41. The van der Waals surface area contributed by atoms with Gasteiger partial charge in [0.05, 0.1) is 12.0 Å². The topological polar surface area (TPSA) is 63.6 Å². The van der Waals surface area contributed by atoms with E-state index < -0.39 is 11.2 Å². The van der Waals surface area contributed by atoms with E-state index >= 15 is 0 Å². The minimum Gasteiger partial charge on any atom is -0.496 e. The Balaban J connectivity index is 2.46. The molecule has 2 rings (SSSR count). The van der Waals surface area contributed by atoms with Crippen molar-refractivity contribution < 1.29 is 19.4 Å². The number of benzene rings is 1. The Kier molecular flexibility index (Phi) is 2.87. The van der Waals surface area contributed by atoms with E-state index in [2.05, 4.69) is 0 Å². The molecular formula is C11H10O4S. The molecule has 1 atom stereocenters. The first-order valence-electron chi connectivity index (χ1n) is 4.73. The van der Waals surface area contributed by atoms with Crippen molar-refractivity contribution >= 4 is 23.5 Å². The van der Waals surface area contributed by atoms with Crippen LogP contribution in [0.4, 0.5) is 0 Å². The van der Waals surface area contributed by atoms with Crippen molar-refractivity contribution in [3.63, 3.8) is 0 Å². The molecule has 0 bridgehead atoms. The van der Waals surface area contributed by atoms with Crippen LogP contribution in [0, 0.1) is 0 Å². The lowest BCUT2D eigenvalue weighted by Crippen LogP contribution is -2.25. The van der Waals surface area contributed by atoms with Gasteiger partial charge in [-0.05, 0) is 6.07 Å². The molecule has 1 aliphatic rings. The van der Waals surface area contributed by atoms with Gasteiger partial charge in [-0.2, -0.15) is 0 Å². The number of fused-ring (bicyclic) bond motifs is 1. The van der Waals surface area contributed by atoms with Crippen LogP contribution in [0.2, 0.25) is 0 Å². The fourth-order valence-electron chi connectivity index (χ4n) is 1.62. The molecule has 0 amide bonds. The highest BCUT2D eigenvalue weighted by molar-refractivity contribution is 8.01. The largest absolute Gasteiger partial charge is 0.496 e. The zero-order valence-corrected chi connectivity index (χ0v) is 9.41. The minimum absolute atomic E-state index is 0.0418. The molecule has 0 spiro atoms. The summed E-state index contributed by atoms with van der Waals surface area (Å²) >= 11 is 1.17. The maximum absolute atomic E-state index is 11.7. The van der Waals surface area contributed by atoms with E-state index in [-0.39, 0.29) is 12.2 Å². The zero-order chi connectivity index (χ0) is 11.7. The monoisotopic (exact) mass is 238 g/mol. The first kappa shape index (κ1) is 11.0. The molecule has 0 saturated heterocycles. The van der Waals surface area contributed by atoms with Crippen molar-refractivity contribution in [2.24, 2.45) is 0 Å². The second-order valence-electron chi connectivity index (χ2n) is 3.41. The molecule has 1 aromatic carbocycles. The maximum Gasteiger partial charge on any atom is 0.317 e. The number of hydrogen-bond donors (Lipinski definition) is 1. The van der Waals surface area contributed by atoms with E-state index in [9.17, 15) is 9.59 Å². The van der Waals surface area contributed by atoms with E-state index in [1.54, 1.807) is 18.2 Å². The van der Waals surface area contributed by atoms with Crippen molar-refractivity contribution in [2.75, 3.05) is 7.11 Å². The van der Waals surface area contributed by atoms with Crippen LogP contribution in [0.25, 0.3) is 0 Å². The molecule has 16 heavy (non-hydrogen) atoms. The van der Waals surface area contributed by atoms with Crippen LogP contribution in [-0.2, 0) is 4.79 Å². The summed E-state index contributed by atoms with van der Waals surface area (Å²) in [7, 11) is 1.50. The molecule has 0 aliphatic carbocycles. The van der Waals surface area contributed by atoms with Gasteiger partial charge in [-0.25, -0.2) is 0 Å². The number of methoxy groups -OCH3 is 1. The molecular weight excluding hydrogens is 228 g/mol. The minimum atomic E-state index is -0.963.